The molecular weight excluding hydrogens is 981 g/mol. The predicted octanol–water partition coefficient (Wildman–Crippen LogP) is -2.85. The number of rotatable bonds is 12. The normalized spacial score (nSPS) is 57.4. The Bertz CT molecular complexity index is 1990. The minimum Gasteiger partial charge on any atom is -0.394 e. The SMILES string of the molecule is C[C@@H]1O[C@H](O[C@@H]2[C@@H](O[C@H]3[C@H](O)[C@@H](O[C@H]4CC[C@@]5(C)C(=CC[C@@H]6[C@H]7C[C@H]8O[C@]9(CC[C@](C)(CO[C@H]%10O[C@@H](CO)[C@H](O)[C@@H](O)[C@@H]%10O)O9)[C@H](C)[C@@H]8[C@@]7(C)CC[C@H]65)C4)O[C@@H](CO)[C@@H]3O)O[C@@H](CO)[C@H](O)[C@H]2O)[C@@H](O)[C@H](O)[C@H]1O. The standard InChI is InChI=1S/C51H82O23/c1-20-31-27(73-51(20)13-12-48(3,74-51)19-65-44-39(62)37(60)33(56)28(16-52)68-44)15-26-24-7-6-22-14-23(8-10-49(22,4)25(24)9-11-50(26,31)5)67-46-41(64)42(35(58)30(18-54)69-46)71-47-43(38(61)34(57)29(17-53)70-47)72-45-40(63)36(59)32(55)21(2)66-45/h6,20-21,23-47,52-64H,7-19H2,1-5H3/t20-,21+,23+,24+,25-,26-,27-,28+,29+,30+,31+,32+,33+,34+,35+,36-,37-,38-,39+,40+,41+,42-,43+,44+,45-,46+,47-,48-,49+,50+,51+/m1/s1. The zero-order valence-corrected chi connectivity index (χ0v) is 42.8. The fourth-order valence-electron chi connectivity index (χ4n) is 15.6. The van der Waals surface area contributed by atoms with E-state index in [9.17, 15) is 66.4 Å². The van der Waals surface area contributed by atoms with Crippen LogP contribution in [0.25, 0.3) is 0 Å². The molecule has 4 aliphatic carbocycles. The Morgan fingerprint density at radius 1 is 0.581 bits per heavy atom. The predicted molar refractivity (Wildman–Crippen MR) is 248 cm³/mol. The first kappa shape index (κ1) is 56.1. The maximum absolute atomic E-state index is 11.8. The van der Waals surface area contributed by atoms with Crippen LogP contribution in [0.5, 0.6) is 0 Å². The number of fused-ring (bicyclic) bond motifs is 7. The molecule has 0 amide bonds. The van der Waals surface area contributed by atoms with Crippen LogP contribution in [0.2, 0.25) is 0 Å². The summed E-state index contributed by atoms with van der Waals surface area (Å²) >= 11 is 0. The molecule has 0 radical (unpaired) electrons. The van der Waals surface area contributed by atoms with E-state index in [1.54, 1.807) is 0 Å². The van der Waals surface area contributed by atoms with E-state index in [2.05, 4.69) is 26.8 Å². The third-order valence-corrected chi connectivity index (χ3v) is 19.9. The van der Waals surface area contributed by atoms with Crippen molar-refractivity contribution in [2.24, 2.45) is 40.4 Å². The Labute approximate surface area is 430 Å². The van der Waals surface area contributed by atoms with Crippen LogP contribution in [0.4, 0.5) is 0 Å². The lowest BCUT2D eigenvalue weighted by molar-refractivity contribution is -0.389. The quantitative estimate of drug-likeness (QED) is 0.0875. The number of ether oxygens (including phenoxy) is 10. The molecule has 6 heterocycles. The van der Waals surface area contributed by atoms with Gasteiger partial charge in [-0.2, -0.15) is 0 Å². The molecule has 0 aromatic carbocycles. The molecule has 0 aromatic heterocycles. The van der Waals surface area contributed by atoms with Gasteiger partial charge in [0.05, 0.1) is 50.3 Å². The Balaban J connectivity index is 0.781. The van der Waals surface area contributed by atoms with Crippen molar-refractivity contribution >= 4 is 0 Å². The number of hydrogen-bond acceptors (Lipinski definition) is 23. The van der Waals surface area contributed by atoms with Crippen molar-refractivity contribution in [2.75, 3.05) is 26.4 Å². The lowest BCUT2D eigenvalue weighted by Crippen LogP contribution is -2.67. The second-order valence-electron chi connectivity index (χ2n) is 24.2. The van der Waals surface area contributed by atoms with Crippen molar-refractivity contribution in [1.82, 2.24) is 0 Å². The first-order valence-corrected chi connectivity index (χ1v) is 26.9. The third-order valence-electron chi connectivity index (χ3n) is 19.9. The summed E-state index contributed by atoms with van der Waals surface area (Å²) in [6, 6.07) is 0. The van der Waals surface area contributed by atoms with Gasteiger partial charge in [-0.05, 0) is 99.7 Å². The number of hydrogen-bond donors (Lipinski definition) is 13. The van der Waals surface area contributed by atoms with Gasteiger partial charge in [-0.15, -0.1) is 0 Å². The molecule has 10 rings (SSSR count). The Morgan fingerprint density at radius 3 is 1.89 bits per heavy atom. The molecule has 6 aliphatic heterocycles. The van der Waals surface area contributed by atoms with Crippen LogP contribution in [0.1, 0.15) is 92.4 Å². The monoisotopic (exact) mass is 1060 g/mol. The molecule has 13 N–H and O–H groups in total. The van der Waals surface area contributed by atoms with E-state index >= 15 is 0 Å². The van der Waals surface area contributed by atoms with E-state index in [1.807, 2.05) is 6.92 Å². The smallest absolute Gasteiger partial charge is 0.187 e. The lowest BCUT2D eigenvalue weighted by Gasteiger charge is -2.58. The van der Waals surface area contributed by atoms with Crippen LogP contribution >= 0.6 is 0 Å². The largest absolute Gasteiger partial charge is 0.394 e. The number of allylic oxidation sites excluding steroid dienone is 1. The summed E-state index contributed by atoms with van der Waals surface area (Å²) in [5.74, 6) is 0.807. The zero-order valence-electron chi connectivity index (χ0n) is 42.8. The minimum absolute atomic E-state index is 0.00766. The zero-order chi connectivity index (χ0) is 53.1. The molecular formula is C51H82O23. The van der Waals surface area contributed by atoms with E-state index in [1.165, 1.54) is 12.5 Å². The first-order valence-electron chi connectivity index (χ1n) is 26.9. The van der Waals surface area contributed by atoms with Crippen LogP contribution in [-0.2, 0) is 47.4 Å². The van der Waals surface area contributed by atoms with Gasteiger partial charge < -0.3 is 114 Å². The van der Waals surface area contributed by atoms with E-state index in [-0.39, 0.29) is 35.4 Å². The number of aliphatic hydroxyl groups excluding tert-OH is 13. The van der Waals surface area contributed by atoms with Crippen molar-refractivity contribution in [2.45, 2.75) is 239 Å². The Kier molecular flexibility index (Phi) is 16.0. The molecule has 23 nitrogen and oxygen atoms in total. The van der Waals surface area contributed by atoms with E-state index < -0.39 is 160 Å². The van der Waals surface area contributed by atoms with Crippen LogP contribution in [-0.4, -0.2) is 239 Å². The first-order chi connectivity index (χ1) is 35.0. The second-order valence-corrected chi connectivity index (χ2v) is 24.2. The van der Waals surface area contributed by atoms with Gasteiger partial charge >= 0.3 is 0 Å². The fraction of sp³-hybridized carbons (Fsp3) is 0.961. The van der Waals surface area contributed by atoms with Crippen molar-refractivity contribution < 1.29 is 114 Å². The Morgan fingerprint density at radius 2 is 1.19 bits per heavy atom. The molecule has 10 aliphatic rings. The third kappa shape index (κ3) is 9.38. The van der Waals surface area contributed by atoms with Crippen molar-refractivity contribution in [3.63, 3.8) is 0 Å². The summed E-state index contributed by atoms with van der Waals surface area (Å²) in [5, 5.41) is 138. The number of aliphatic hydroxyl groups is 13. The summed E-state index contributed by atoms with van der Waals surface area (Å²) in [4.78, 5) is 0. The van der Waals surface area contributed by atoms with Crippen molar-refractivity contribution in [3.05, 3.63) is 11.6 Å². The molecule has 23 heteroatoms. The molecule has 0 unspecified atom stereocenters. The summed E-state index contributed by atoms with van der Waals surface area (Å²) in [6.07, 6.45) is -21.6. The lowest BCUT2D eigenvalue weighted by atomic mass is 9.47. The highest BCUT2D eigenvalue weighted by Crippen LogP contribution is 2.71. The molecule has 9 fully saturated rings. The van der Waals surface area contributed by atoms with E-state index in [4.69, 9.17) is 47.4 Å². The average Bonchev–Trinajstić information content (AvgIpc) is 4.02. The molecule has 0 bridgehead atoms. The van der Waals surface area contributed by atoms with Crippen LogP contribution in [0.15, 0.2) is 11.6 Å². The molecule has 74 heavy (non-hydrogen) atoms. The van der Waals surface area contributed by atoms with Gasteiger partial charge in [0, 0.05) is 12.3 Å². The van der Waals surface area contributed by atoms with Crippen LogP contribution < -0.4 is 0 Å². The van der Waals surface area contributed by atoms with Gasteiger partial charge in [0.2, 0.25) is 0 Å². The highest BCUT2D eigenvalue weighted by molar-refractivity contribution is 5.27. The highest BCUT2D eigenvalue weighted by atomic mass is 16.8. The summed E-state index contributed by atoms with van der Waals surface area (Å²) in [5.41, 5.74) is 0.396. The van der Waals surface area contributed by atoms with Crippen molar-refractivity contribution in [1.29, 1.82) is 0 Å². The fourth-order valence-corrected chi connectivity index (χ4v) is 15.6. The van der Waals surface area contributed by atoms with E-state index in [0.29, 0.717) is 43.4 Å². The molecule has 6 saturated heterocycles. The molecule has 1 spiro atoms. The maximum Gasteiger partial charge on any atom is 0.187 e. The average molecular weight is 1060 g/mol. The van der Waals surface area contributed by atoms with Gasteiger partial charge in [0.25, 0.3) is 0 Å². The van der Waals surface area contributed by atoms with Gasteiger partial charge in [-0.25, -0.2) is 0 Å². The summed E-state index contributed by atoms with van der Waals surface area (Å²) in [6.45, 7) is 8.45. The Hall–Kier alpha value is -1.18. The van der Waals surface area contributed by atoms with Crippen molar-refractivity contribution in [3.8, 4) is 0 Å². The van der Waals surface area contributed by atoms with Gasteiger partial charge in [-0.1, -0.05) is 32.4 Å². The second kappa shape index (κ2) is 21.0. The topological polar surface area (TPSA) is 355 Å². The van der Waals surface area contributed by atoms with Gasteiger partial charge in [-0.3, -0.25) is 0 Å². The van der Waals surface area contributed by atoms with E-state index in [0.717, 1.165) is 32.1 Å². The summed E-state index contributed by atoms with van der Waals surface area (Å²) < 4.78 is 61.4. The van der Waals surface area contributed by atoms with Gasteiger partial charge in [0.1, 0.15) is 91.6 Å². The molecule has 31 atom stereocenters. The van der Waals surface area contributed by atoms with Gasteiger partial charge in [0.15, 0.2) is 30.9 Å². The highest BCUT2D eigenvalue weighted by Gasteiger charge is 2.70. The molecule has 3 saturated carbocycles. The summed E-state index contributed by atoms with van der Waals surface area (Å²) in [7, 11) is 0. The molecule has 424 valence electrons. The van der Waals surface area contributed by atoms with Crippen LogP contribution in [0.3, 0.4) is 0 Å². The van der Waals surface area contributed by atoms with Crippen LogP contribution in [0, 0.1) is 40.4 Å². The minimum atomic E-state index is -1.85. The maximum atomic E-state index is 11.8. The molecule has 0 aromatic rings.